The minimum atomic E-state index is -0.303. The number of aromatic nitrogens is 1. The van der Waals surface area contributed by atoms with Crippen LogP contribution >= 0.6 is 11.3 Å². The molecule has 0 unspecified atom stereocenters. The van der Waals surface area contributed by atoms with Gasteiger partial charge in [-0.25, -0.2) is 4.99 Å². The molecule has 0 saturated heterocycles. The van der Waals surface area contributed by atoms with E-state index in [0.717, 1.165) is 75.0 Å². The molecule has 0 bridgehead atoms. The number of hydrogen-bond donors (Lipinski definition) is 1. The lowest BCUT2D eigenvalue weighted by Gasteiger charge is -2.15. The van der Waals surface area contributed by atoms with Gasteiger partial charge in [0.1, 0.15) is 0 Å². The van der Waals surface area contributed by atoms with Crippen LogP contribution in [0.1, 0.15) is 46.8 Å². The summed E-state index contributed by atoms with van der Waals surface area (Å²) < 4.78 is 2.13. The molecule has 0 aliphatic heterocycles. The van der Waals surface area contributed by atoms with Gasteiger partial charge in [0.2, 0.25) is 0 Å². The topological polar surface area (TPSA) is 60.4 Å². The van der Waals surface area contributed by atoms with Gasteiger partial charge < -0.3 is 10.3 Å². The molecule has 37 heavy (non-hydrogen) atoms. The molecule has 4 nitrogen and oxygen atoms in total. The van der Waals surface area contributed by atoms with Gasteiger partial charge >= 0.3 is 0 Å². The molecule has 0 atom stereocenters. The van der Waals surface area contributed by atoms with Crippen molar-refractivity contribution >= 4 is 33.6 Å². The number of nitrogens with two attached hydrogens (primary N) is 1. The Balaban J connectivity index is 1.46. The number of unbranched alkanes of at least 4 members (excludes halogenated alkanes) is 2. The standard InChI is InChI=1S/C32H29N3OS/c33-19-8-1-9-20-35-29(21-37-32(35)34-28-18-10-12-22-11-2-3-13-23(22)28)31(36)30-26-16-6-4-14-24(26)25-15-5-7-17-27(25)30/h2-7,10-18,21,30H,1,8-9,19-20,33H2. The average Bonchev–Trinajstić information content (AvgIpc) is 3.50. The number of Topliss-reactive ketones (excluding diaryl/α,β-unsaturated/α-hetero) is 1. The number of thiazole rings is 1. The van der Waals surface area contributed by atoms with E-state index >= 15 is 0 Å². The number of carbonyl (C=O) groups excluding carboxylic acids is 1. The van der Waals surface area contributed by atoms with Crippen LogP contribution in [0.25, 0.3) is 21.9 Å². The van der Waals surface area contributed by atoms with Crippen molar-refractivity contribution < 1.29 is 4.79 Å². The largest absolute Gasteiger partial charge is 0.330 e. The number of benzene rings is 4. The Morgan fingerprint density at radius 1 is 0.811 bits per heavy atom. The van der Waals surface area contributed by atoms with Crippen LogP contribution in [0.15, 0.2) is 101 Å². The van der Waals surface area contributed by atoms with E-state index in [1.54, 1.807) is 11.3 Å². The van der Waals surface area contributed by atoms with Gasteiger partial charge in [-0.1, -0.05) is 91.3 Å². The summed E-state index contributed by atoms with van der Waals surface area (Å²) in [5, 5.41) is 4.27. The van der Waals surface area contributed by atoms with Crippen LogP contribution < -0.4 is 10.5 Å². The van der Waals surface area contributed by atoms with E-state index < -0.39 is 0 Å². The molecular weight excluding hydrogens is 474 g/mol. The molecule has 2 N–H and O–H groups in total. The normalized spacial score (nSPS) is 13.2. The second-order valence-corrected chi connectivity index (χ2v) is 10.3. The number of fused-ring (bicyclic) bond motifs is 4. The number of rotatable bonds is 8. The van der Waals surface area contributed by atoms with Crippen molar-refractivity contribution in [2.24, 2.45) is 10.7 Å². The van der Waals surface area contributed by atoms with Crippen molar-refractivity contribution in [1.82, 2.24) is 4.57 Å². The minimum absolute atomic E-state index is 0.131. The summed E-state index contributed by atoms with van der Waals surface area (Å²) in [6, 6.07) is 31.1. The lowest BCUT2D eigenvalue weighted by molar-refractivity contribution is 0.0965. The molecule has 0 fully saturated rings. The first-order valence-corrected chi connectivity index (χ1v) is 13.8. The van der Waals surface area contributed by atoms with Gasteiger partial charge in [-0.3, -0.25) is 4.79 Å². The van der Waals surface area contributed by atoms with E-state index in [2.05, 4.69) is 47.0 Å². The highest BCUT2D eigenvalue weighted by Gasteiger charge is 2.35. The van der Waals surface area contributed by atoms with Crippen LogP contribution in [-0.2, 0) is 6.54 Å². The van der Waals surface area contributed by atoms with Gasteiger partial charge in [-0.15, -0.1) is 11.3 Å². The van der Waals surface area contributed by atoms with E-state index in [1.165, 1.54) is 0 Å². The van der Waals surface area contributed by atoms with Gasteiger partial charge in [-0.05, 0) is 53.1 Å². The molecule has 4 aromatic carbocycles. The number of carbonyl (C=O) groups is 1. The minimum Gasteiger partial charge on any atom is -0.330 e. The molecule has 184 valence electrons. The van der Waals surface area contributed by atoms with Crippen molar-refractivity contribution in [3.8, 4) is 11.1 Å². The third kappa shape index (κ3) is 4.35. The number of ketones is 1. The SMILES string of the molecule is NCCCCCn1c(C(=O)C2c3ccccc3-c3ccccc32)csc1=Nc1cccc2ccccc12. The summed E-state index contributed by atoms with van der Waals surface area (Å²) in [6.45, 7) is 1.42. The summed E-state index contributed by atoms with van der Waals surface area (Å²) in [6.07, 6.45) is 2.96. The molecule has 5 aromatic rings. The lowest BCUT2D eigenvalue weighted by Crippen LogP contribution is -2.23. The van der Waals surface area contributed by atoms with E-state index in [9.17, 15) is 4.79 Å². The molecule has 1 aliphatic carbocycles. The predicted octanol–water partition coefficient (Wildman–Crippen LogP) is 7.06. The molecule has 5 heteroatoms. The molecule has 6 rings (SSSR count). The fraction of sp³-hybridized carbons (Fsp3) is 0.188. The quantitative estimate of drug-likeness (QED) is 0.182. The van der Waals surface area contributed by atoms with Crippen molar-refractivity contribution in [2.45, 2.75) is 31.7 Å². The van der Waals surface area contributed by atoms with Crippen LogP contribution in [0.2, 0.25) is 0 Å². The Hall–Kier alpha value is -3.80. The van der Waals surface area contributed by atoms with Gasteiger partial charge in [0.25, 0.3) is 0 Å². The molecule has 0 spiro atoms. The maximum Gasteiger partial charge on any atom is 0.191 e. The Morgan fingerprint density at radius 3 is 2.24 bits per heavy atom. The highest BCUT2D eigenvalue weighted by Crippen LogP contribution is 2.46. The molecule has 0 saturated carbocycles. The Morgan fingerprint density at radius 2 is 1.49 bits per heavy atom. The molecule has 0 radical (unpaired) electrons. The van der Waals surface area contributed by atoms with Crippen LogP contribution in [0.5, 0.6) is 0 Å². The number of hydrogen-bond acceptors (Lipinski definition) is 4. The number of nitrogens with zero attached hydrogens (tertiary/aromatic N) is 2. The third-order valence-corrected chi connectivity index (χ3v) is 8.08. The third-order valence-electron chi connectivity index (χ3n) is 7.21. The summed E-state index contributed by atoms with van der Waals surface area (Å²) in [4.78, 5) is 20.2. The monoisotopic (exact) mass is 503 g/mol. The molecule has 1 aliphatic rings. The Labute approximate surface area is 220 Å². The van der Waals surface area contributed by atoms with E-state index in [1.807, 2.05) is 53.9 Å². The van der Waals surface area contributed by atoms with Gasteiger partial charge in [0, 0.05) is 17.3 Å². The van der Waals surface area contributed by atoms with Gasteiger partial charge in [0.15, 0.2) is 10.6 Å². The van der Waals surface area contributed by atoms with Gasteiger partial charge in [-0.2, -0.15) is 0 Å². The lowest BCUT2D eigenvalue weighted by atomic mass is 9.91. The summed E-state index contributed by atoms with van der Waals surface area (Å²) in [5.74, 6) is -0.172. The van der Waals surface area contributed by atoms with Crippen LogP contribution in [0, 0.1) is 0 Å². The average molecular weight is 504 g/mol. The first kappa shape index (κ1) is 23.6. The fourth-order valence-electron chi connectivity index (χ4n) is 5.42. The first-order valence-electron chi connectivity index (χ1n) is 12.9. The van der Waals surface area contributed by atoms with E-state index in [-0.39, 0.29) is 11.7 Å². The van der Waals surface area contributed by atoms with Crippen molar-refractivity contribution in [3.63, 3.8) is 0 Å². The zero-order valence-corrected chi connectivity index (χ0v) is 21.5. The summed E-state index contributed by atoms with van der Waals surface area (Å²) in [7, 11) is 0. The highest BCUT2D eigenvalue weighted by atomic mass is 32.1. The molecule has 0 amide bonds. The summed E-state index contributed by atoms with van der Waals surface area (Å²) >= 11 is 1.54. The fourth-order valence-corrected chi connectivity index (χ4v) is 6.35. The zero-order valence-electron chi connectivity index (χ0n) is 20.6. The highest BCUT2D eigenvalue weighted by molar-refractivity contribution is 7.07. The molecule has 1 aromatic heterocycles. The van der Waals surface area contributed by atoms with Crippen molar-refractivity contribution in [2.75, 3.05) is 6.54 Å². The maximum absolute atomic E-state index is 14.3. The first-order chi connectivity index (χ1) is 18.3. The zero-order chi connectivity index (χ0) is 25.2. The predicted molar refractivity (Wildman–Crippen MR) is 152 cm³/mol. The van der Waals surface area contributed by atoms with Crippen LogP contribution in [0.3, 0.4) is 0 Å². The molecular formula is C32H29N3OS. The smallest absolute Gasteiger partial charge is 0.191 e. The van der Waals surface area contributed by atoms with E-state index in [4.69, 9.17) is 10.7 Å². The van der Waals surface area contributed by atoms with Crippen LogP contribution in [-0.4, -0.2) is 16.9 Å². The van der Waals surface area contributed by atoms with Crippen molar-refractivity contribution in [3.05, 3.63) is 118 Å². The van der Waals surface area contributed by atoms with Crippen LogP contribution in [0.4, 0.5) is 5.69 Å². The van der Waals surface area contributed by atoms with Crippen molar-refractivity contribution in [1.29, 1.82) is 0 Å². The summed E-state index contributed by atoms with van der Waals surface area (Å²) in [5.41, 5.74) is 11.9. The second-order valence-electron chi connectivity index (χ2n) is 9.49. The van der Waals surface area contributed by atoms with E-state index in [0.29, 0.717) is 6.54 Å². The second kappa shape index (κ2) is 10.3. The Kier molecular flexibility index (Phi) is 6.56. The maximum atomic E-state index is 14.3. The molecule has 1 heterocycles. The Bertz CT molecular complexity index is 1610. The van der Waals surface area contributed by atoms with Gasteiger partial charge in [0.05, 0.1) is 17.3 Å².